The van der Waals surface area contributed by atoms with Gasteiger partial charge >= 0.3 is 23.9 Å². The zero-order valence-corrected chi connectivity index (χ0v) is 23.6. The highest BCUT2D eigenvalue weighted by atomic mass is 16.7. The Morgan fingerprint density at radius 2 is 1.67 bits per heavy atom. The van der Waals surface area contributed by atoms with Crippen molar-refractivity contribution in [3.8, 4) is 0 Å². The number of fused-ring (bicyclic) bond motifs is 1. The normalized spacial score (nSPS) is 46.3. The summed E-state index contributed by atoms with van der Waals surface area (Å²) >= 11 is 0. The molecule has 39 heavy (non-hydrogen) atoms. The van der Waals surface area contributed by atoms with Crippen molar-refractivity contribution in [2.24, 2.45) is 11.3 Å². The summed E-state index contributed by atoms with van der Waals surface area (Å²) in [6.07, 6.45) is -2.79. The zero-order chi connectivity index (χ0) is 29.1. The van der Waals surface area contributed by atoms with E-state index < -0.39 is 82.5 Å². The minimum absolute atomic E-state index is 0.0989. The average molecular weight is 553 g/mol. The molecule has 4 aliphatic rings. The molecule has 1 saturated carbocycles. The molecule has 11 nitrogen and oxygen atoms in total. The molecule has 0 aromatic rings. The highest BCUT2D eigenvalue weighted by Gasteiger charge is 2.87. The third-order valence-corrected chi connectivity index (χ3v) is 9.23. The van der Waals surface area contributed by atoms with Gasteiger partial charge in [0.1, 0.15) is 23.9 Å². The van der Waals surface area contributed by atoms with Crippen LogP contribution in [-0.4, -0.2) is 81.4 Å². The predicted molar refractivity (Wildman–Crippen MR) is 134 cm³/mol. The van der Waals surface area contributed by atoms with Crippen molar-refractivity contribution in [1.82, 2.24) is 0 Å². The second-order valence-corrected chi connectivity index (χ2v) is 12.0. The number of hydrogen-bond donors (Lipinski definition) is 2. The summed E-state index contributed by atoms with van der Waals surface area (Å²) < 4.78 is 29.0. The Morgan fingerprint density at radius 1 is 1.05 bits per heavy atom. The molecule has 0 amide bonds. The van der Waals surface area contributed by atoms with Gasteiger partial charge in [0.15, 0.2) is 17.3 Å². The maximum Gasteiger partial charge on any atom is 0.342 e. The molecule has 0 aromatic carbocycles. The van der Waals surface area contributed by atoms with Crippen LogP contribution in [0, 0.1) is 11.3 Å². The van der Waals surface area contributed by atoms with E-state index in [1.807, 2.05) is 13.8 Å². The number of carbonyl (C=O) groups excluding carboxylic acids is 4. The molecular weight excluding hydrogens is 512 g/mol. The minimum atomic E-state index is -1.93. The summed E-state index contributed by atoms with van der Waals surface area (Å²) in [6.45, 7) is 10.8. The summed E-state index contributed by atoms with van der Waals surface area (Å²) in [5, 5.41) is 24.5. The third kappa shape index (κ3) is 4.46. The molecule has 2 aliphatic carbocycles. The van der Waals surface area contributed by atoms with E-state index in [4.69, 9.17) is 23.7 Å². The standard InChI is InChI=1S/C28H40O11/c1-8-9-21(31)37-19-13-18(36-16(4)30)25(5)17(35-15(3)29)11-10-14(2)12-20-28(23(32)22(25)26(19,6)34)27(7,39-28)24(33)38-20/h12,17-20,22-23,32,34H,8-11,13H2,1-7H3/b14-12-/t17-,18-,19+,20-,22+,23+,25-,26-,27-,28-/m0/s1. The molecule has 0 aromatic heterocycles. The molecule has 2 aliphatic heterocycles. The second kappa shape index (κ2) is 9.85. The van der Waals surface area contributed by atoms with Crippen LogP contribution in [0.15, 0.2) is 11.6 Å². The summed E-state index contributed by atoms with van der Waals surface area (Å²) in [5.74, 6) is -3.69. The number of ether oxygens (including phenoxy) is 5. The van der Waals surface area contributed by atoms with Gasteiger partial charge < -0.3 is 33.9 Å². The zero-order valence-electron chi connectivity index (χ0n) is 23.6. The topological polar surface area (TPSA) is 158 Å². The summed E-state index contributed by atoms with van der Waals surface area (Å²) in [6, 6.07) is 0. The number of hydrogen-bond acceptors (Lipinski definition) is 11. The van der Waals surface area contributed by atoms with E-state index in [-0.39, 0.29) is 19.3 Å². The van der Waals surface area contributed by atoms with Crippen molar-refractivity contribution in [3.05, 3.63) is 11.6 Å². The molecule has 0 bridgehead atoms. The van der Waals surface area contributed by atoms with Crippen LogP contribution in [0.25, 0.3) is 0 Å². The van der Waals surface area contributed by atoms with Gasteiger partial charge in [0.05, 0.1) is 11.5 Å². The fraction of sp³-hybridized carbons (Fsp3) is 0.786. The Balaban J connectivity index is 1.94. The molecule has 1 spiro atoms. The molecule has 2 heterocycles. The maximum absolute atomic E-state index is 12.9. The smallest absolute Gasteiger partial charge is 0.342 e. The average Bonchev–Trinajstić information content (AvgIpc) is 3.40. The van der Waals surface area contributed by atoms with Crippen LogP contribution in [0.3, 0.4) is 0 Å². The summed E-state index contributed by atoms with van der Waals surface area (Å²) in [7, 11) is 0. The number of rotatable bonds is 5. The van der Waals surface area contributed by atoms with Crippen molar-refractivity contribution in [2.45, 2.75) is 128 Å². The van der Waals surface area contributed by atoms with Gasteiger partial charge in [-0.15, -0.1) is 0 Å². The van der Waals surface area contributed by atoms with Crippen LogP contribution in [0.2, 0.25) is 0 Å². The SMILES string of the molecule is CCCC(=O)O[C@@H]1C[C@H](OC(C)=O)[C@]2(C)[C@@H](OC(C)=O)CC/C(C)=C\[C@@H]3OC(=O)[C@]4(C)O[C@]34[C@H](O)[C@H]2[C@@]1(C)O. The second-order valence-electron chi connectivity index (χ2n) is 12.0. The van der Waals surface area contributed by atoms with Crippen LogP contribution in [0.4, 0.5) is 0 Å². The molecule has 2 N–H and O–H groups in total. The molecule has 11 heteroatoms. The minimum Gasteiger partial charge on any atom is -0.462 e. The van der Waals surface area contributed by atoms with Gasteiger partial charge in [0.25, 0.3) is 0 Å². The van der Waals surface area contributed by atoms with E-state index in [9.17, 15) is 29.4 Å². The van der Waals surface area contributed by atoms with Crippen LogP contribution in [-0.2, 0) is 42.9 Å². The molecule has 218 valence electrons. The van der Waals surface area contributed by atoms with E-state index >= 15 is 0 Å². The van der Waals surface area contributed by atoms with Gasteiger partial charge in [0.2, 0.25) is 0 Å². The largest absolute Gasteiger partial charge is 0.462 e. The number of aliphatic hydroxyl groups excluding tert-OH is 1. The number of allylic oxidation sites excluding steroid dienone is 1. The van der Waals surface area contributed by atoms with Crippen molar-refractivity contribution >= 4 is 23.9 Å². The van der Waals surface area contributed by atoms with E-state index in [1.165, 1.54) is 27.7 Å². The summed E-state index contributed by atoms with van der Waals surface area (Å²) in [4.78, 5) is 50.2. The lowest BCUT2D eigenvalue weighted by molar-refractivity contribution is -0.274. The Bertz CT molecular complexity index is 1080. The van der Waals surface area contributed by atoms with Crippen molar-refractivity contribution in [2.75, 3.05) is 0 Å². The molecule has 10 atom stereocenters. The van der Waals surface area contributed by atoms with E-state index in [1.54, 1.807) is 13.0 Å². The van der Waals surface area contributed by atoms with Crippen molar-refractivity contribution in [1.29, 1.82) is 0 Å². The lowest BCUT2D eigenvalue weighted by Gasteiger charge is -2.59. The molecule has 4 rings (SSSR count). The monoisotopic (exact) mass is 552 g/mol. The molecule has 3 fully saturated rings. The number of epoxide rings is 1. The van der Waals surface area contributed by atoms with Gasteiger partial charge in [-0.3, -0.25) is 14.4 Å². The molecule has 0 radical (unpaired) electrons. The van der Waals surface area contributed by atoms with Gasteiger partial charge in [0, 0.05) is 32.6 Å². The Kier molecular flexibility index (Phi) is 7.45. The maximum atomic E-state index is 12.9. The van der Waals surface area contributed by atoms with Gasteiger partial charge in [-0.05, 0) is 46.1 Å². The van der Waals surface area contributed by atoms with Gasteiger partial charge in [-0.25, -0.2) is 4.79 Å². The highest BCUT2D eigenvalue weighted by Crippen LogP contribution is 2.65. The van der Waals surface area contributed by atoms with E-state index in [2.05, 4.69) is 0 Å². The van der Waals surface area contributed by atoms with Gasteiger partial charge in [-0.1, -0.05) is 19.4 Å². The van der Waals surface area contributed by atoms with Crippen LogP contribution in [0.1, 0.15) is 80.6 Å². The summed E-state index contributed by atoms with van der Waals surface area (Å²) in [5.41, 5.74) is -5.58. The first kappa shape index (κ1) is 29.5. The molecule has 2 saturated heterocycles. The Hall–Kier alpha value is -2.50. The fourth-order valence-electron chi connectivity index (χ4n) is 7.22. The number of esters is 4. The third-order valence-electron chi connectivity index (χ3n) is 9.23. The Labute approximate surface area is 228 Å². The molecular formula is C28H40O11. The fourth-order valence-corrected chi connectivity index (χ4v) is 7.22. The van der Waals surface area contributed by atoms with E-state index in [0.717, 1.165) is 5.57 Å². The Morgan fingerprint density at radius 3 is 2.23 bits per heavy atom. The van der Waals surface area contributed by atoms with Crippen LogP contribution >= 0.6 is 0 Å². The highest BCUT2D eigenvalue weighted by molar-refractivity contribution is 5.89. The predicted octanol–water partition coefficient (Wildman–Crippen LogP) is 1.89. The molecule has 0 unspecified atom stereocenters. The van der Waals surface area contributed by atoms with Gasteiger partial charge in [-0.2, -0.15) is 0 Å². The first-order chi connectivity index (χ1) is 18.0. The lowest BCUT2D eigenvalue weighted by Crippen LogP contribution is -2.72. The first-order valence-corrected chi connectivity index (χ1v) is 13.6. The van der Waals surface area contributed by atoms with Crippen LogP contribution < -0.4 is 0 Å². The quantitative estimate of drug-likeness (QED) is 0.222. The van der Waals surface area contributed by atoms with Crippen LogP contribution in [0.5, 0.6) is 0 Å². The lowest BCUT2D eigenvalue weighted by atomic mass is 9.51. The van der Waals surface area contributed by atoms with Crippen molar-refractivity contribution in [3.63, 3.8) is 0 Å². The number of aliphatic hydroxyl groups is 2. The first-order valence-electron chi connectivity index (χ1n) is 13.6. The van der Waals surface area contributed by atoms with E-state index in [0.29, 0.717) is 12.8 Å². The number of carbonyl (C=O) groups is 4. The van der Waals surface area contributed by atoms with Crippen molar-refractivity contribution < 1.29 is 53.1 Å².